The SMILES string of the molecule is CC(C)(C)C1CCC(N)C(OCC2CCOC2)C1. The van der Waals surface area contributed by atoms with E-state index < -0.39 is 0 Å². The summed E-state index contributed by atoms with van der Waals surface area (Å²) in [4.78, 5) is 0. The first-order valence-corrected chi connectivity index (χ1v) is 7.41. The Hall–Kier alpha value is -0.120. The third-order valence-corrected chi connectivity index (χ3v) is 4.64. The van der Waals surface area contributed by atoms with Gasteiger partial charge in [0.05, 0.1) is 19.3 Å². The van der Waals surface area contributed by atoms with Crippen molar-refractivity contribution in [3.8, 4) is 0 Å². The van der Waals surface area contributed by atoms with Crippen LogP contribution in [0.5, 0.6) is 0 Å². The Balaban J connectivity index is 1.81. The van der Waals surface area contributed by atoms with Gasteiger partial charge in [0.25, 0.3) is 0 Å². The summed E-state index contributed by atoms with van der Waals surface area (Å²) in [7, 11) is 0. The molecule has 2 fully saturated rings. The monoisotopic (exact) mass is 255 g/mol. The van der Waals surface area contributed by atoms with Gasteiger partial charge in [-0.2, -0.15) is 0 Å². The summed E-state index contributed by atoms with van der Waals surface area (Å²) in [5.41, 5.74) is 6.59. The van der Waals surface area contributed by atoms with Crippen molar-refractivity contribution in [1.29, 1.82) is 0 Å². The number of hydrogen-bond acceptors (Lipinski definition) is 3. The van der Waals surface area contributed by atoms with E-state index >= 15 is 0 Å². The highest BCUT2D eigenvalue weighted by Crippen LogP contribution is 2.38. The van der Waals surface area contributed by atoms with Crippen LogP contribution in [-0.2, 0) is 9.47 Å². The van der Waals surface area contributed by atoms with E-state index in [2.05, 4.69) is 20.8 Å². The molecular weight excluding hydrogens is 226 g/mol. The van der Waals surface area contributed by atoms with Gasteiger partial charge in [0.15, 0.2) is 0 Å². The first kappa shape index (κ1) is 14.3. The third-order valence-electron chi connectivity index (χ3n) is 4.64. The molecule has 0 bridgehead atoms. The van der Waals surface area contributed by atoms with Crippen molar-refractivity contribution in [2.45, 2.75) is 58.6 Å². The molecule has 1 saturated heterocycles. The maximum atomic E-state index is 6.21. The summed E-state index contributed by atoms with van der Waals surface area (Å²) < 4.78 is 11.5. The van der Waals surface area contributed by atoms with Gasteiger partial charge in [-0.25, -0.2) is 0 Å². The lowest BCUT2D eigenvalue weighted by molar-refractivity contribution is -0.0333. The van der Waals surface area contributed by atoms with Crippen LogP contribution in [0.15, 0.2) is 0 Å². The van der Waals surface area contributed by atoms with E-state index in [9.17, 15) is 0 Å². The molecule has 2 N–H and O–H groups in total. The van der Waals surface area contributed by atoms with Gasteiger partial charge in [-0.05, 0) is 37.0 Å². The average molecular weight is 255 g/mol. The molecule has 3 heteroatoms. The van der Waals surface area contributed by atoms with E-state index in [0.717, 1.165) is 45.0 Å². The largest absolute Gasteiger partial charge is 0.381 e. The molecule has 3 nitrogen and oxygen atoms in total. The van der Waals surface area contributed by atoms with Crippen molar-refractivity contribution in [1.82, 2.24) is 0 Å². The van der Waals surface area contributed by atoms with Gasteiger partial charge < -0.3 is 15.2 Å². The standard InChI is InChI=1S/C15H29NO2/c1-15(2,3)12-4-5-13(16)14(8-12)18-10-11-6-7-17-9-11/h11-14H,4-10,16H2,1-3H3. The molecule has 0 aromatic heterocycles. The molecule has 1 heterocycles. The van der Waals surface area contributed by atoms with E-state index in [1.165, 1.54) is 6.42 Å². The summed E-state index contributed by atoms with van der Waals surface area (Å²) in [5, 5.41) is 0. The zero-order chi connectivity index (χ0) is 13.2. The quantitative estimate of drug-likeness (QED) is 0.843. The Morgan fingerprint density at radius 1 is 1.22 bits per heavy atom. The summed E-state index contributed by atoms with van der Waals surface area (Å²) in [6.45, 7) is 9.58. The van der Waals surface area contributed by atoms with Crippen LogP contribution in [0.1, 0.15) is 46.5 Å². The molecule has 18 heavy (non-hydrogen) atoms. The van der Waals surface area contributed by atoms with Crippen molar-refractivity contribution < 1.29 is 9.47 Å². The Bertz CT molecular complexity index is 256. The maximum absolute atomic E-state index is 6.21. The second kappa shape index (κ2) is 5.89. The lowest BCUT2D eigenvalue weighted by atomic mass is 9.70. The van der Waals surface area contributed by atoms with Crippen molar-refractivity contribution in [2.75, 3.05) is 19.8 Å². The van der Waals surface area contributed by atoms with E-state index in [4.69, 9.17) is 15.2 Å². The molecule has 4 atom stereocenters. The third kappa shape index (κ3) is 3.69. The summed E-state index contributed by atoms with van der Waals surface area (Å²) in [5.74, 6) is 1.33. The van der Waals surface area contributed by atoms with Crippen LogP contribution in [0.4, 0.5) is 0 Å². The van der Waals surface area contributed by atoms with Gasteiger partial charge in [0.1, 0.15) is 0 Å². The number of nitrogens with two attached hydrogens (primary N) is 1. The van der Waals surface area contributed by atoms with E-state index in [1.54, 1.807) is 0 Å². The molecule has 2 aliphatic rings. The van der Waals surface area contributed by atoms with Crippen molar-refractivity contribution in [3.63, 3.8) is 0 Å². The highest BCUT2D eigenvalue weighted by Gasteiger charge is 2.35. The van der Waals surface area contributed by atoms with Gasteiger partial charge in [-0.3, -0.25) is 0 Å². The van der Waals surface area contributed by atoms with Crippen LogP contribution in [0.25, 0.3) is 0 Å². The van der Waals surface area contributed by atoms with Crippen LogP contribution in [0, 0.1) is 17.3 Å². The molecule has 0 aromatic rings. The second-order valence-electron chi connectivity index (χ2n) is 7.14. The topological polar surface area (TPSA) is 44.5 Å². The number of rotatable bonds is 3. The molecule has 1 aliphatic carbocycles. The summed E-state index contributed by atoms with van der Waals surface area (Å²) in [6, 6.07) is 0.228. The minimum absolute atomic E-state index is 0.228. The minimum Gasteiger partial charge on any atom is -0.381 e. The zero-order valence-corrected chi connectivity index (χ0v) is 12.2. The first-order chi connectivity index (χ1) is 8.47. The normalized spacial score (nSPS) is 38.0. The van der Waals surface area contributed by atoms with Crippen molar-refractivity contribution in [3.05, 3.63) is 0 Å². The molecule has 1 saturated carbocycles. The maximum Gasteiger partial charge on any atom is 0.0728 e. The fourth-order valence-corrected chi connectivity index (χ4v) is 3.11. The Morgan fingerprint density at radius 3 is 2.61 bits per heavy atom. The van der Waals surface area contributed by atoms with Crippen LogP contribution in [0.3, 0.4) is 0 Å². The van der Waals surface area contributed by atoms with Crippen molar-refractivity contribution in [2.24, 2.45) is 23.0 Å². The Labute approximate surface area is 111 Å². The van der Waals surface area contributed by atoms with E-state index in [1.807, 2.05) is 0 Å². The highest BCUT2D eigenvalue weighted by molar-refractivity contribution is 4.88. The average Bonchev–Trinajstić information content (AvgIpc) is 2.79. The van der Waals surface area contributed by atoms with Gasteiger partial charge in [-0.1, -0.05) is 20.8 Å². The number of hydrogen-bond donors (Lipinski definition) is 1. The molecule has 4 unspecified atom stereocenters. The van der Waals surface area contributed by atoms with Crippen molar-refractivity contribution >= 4 is 0 Å². The van der Waals surface area contributed by atoms with Crippen LogP contribution in [-0.4, -0.2) is 32.0 Å². The summed E-state index contributed by atoms with van der Waals surface area (Å²) >= 11 is 0. The predicted molar refractivity (Wildman–Crippen MR) is 73.4 cm³/mol. The van der Waals surface area contributed by atoms with E-state index in [-0.39, 0.29) is 12.1 Å². The fourth-order valence-electron chi connectivity index (χ4n) is 3.11. The Kier molecular flexibility index (Phi) is 4.68. The van der Waals surface area contributed by atoms with E-state index in [0.29, 0.717) is 11.3 Å². The molecular formula is C15H29NO2. The predicted octanol–water partition coefficient (Wildman–Crippen LogP) is 2.58. The second-order valence-corrected chi connectivity index (χ2v) is 7.14. The first-order valence-electron chi connectivity index (χ1n) is 7.41. The number of ether oxygens (including phenoxy) is 2. The van der Waals surface area contributed by atoms with Crippen LogP contribution < -0.4 is 5.73 Å². The fraction of sp³-hybridized carbons (Fsp3) is 1.00. The van der Waals surface area contributed by atoms with Crippen LogP contribution >= 0.6 is 0 Å². The lowest BCUT2D eigenvalue weighted by Crippen LogP contribution is -2.45. The van der Waals surface area contributed by atoms with Gasteiger partial charge in [0, 0.05) is 18.6 Å². The smallest absolute Gasteiger partial charge is 0.0728 e. The molecule has 0 radical (unpaired) electrons. The molecule has 106 valence electrons. The van der Waals surface area contributed by atoms with Gasteiger partial charge >= 0.3 is 0 Å². The zero-order valence-electron chi connectivity index (χ0n) is 12.2. The molecule has 2 rings (SSSR count). The highest BCUT2D eigenvalue weighted by atomic mass is 16.5. The summed E-state index contributed by atoms with van der Waals surface area (Å²) in [6.07, 6.45) is 4.87. The van der Waals surface area contributed by atoms with Gasteiger partial charge in [0.2, 0.25) is 0 Å². The molecule has 0 spiro atoms. The molecule has 0 aromatic carbocycles. The molecule has 0 amide bonds. The van der Waals surface area contributed by atoms with Crippen LogP contribution in [0.2, 0.25) is 0 Å². The minimum atomic E-state index is 0.228. The lowest BCUT2D eigenvalue weighted by Gasteiger charge is -2.40. The Morgan fingerprint density at radius 2 is 2.00 bits per heavy atom. The van der Waals surface area contributed by atoms with Gasteiger partial charge in [-0.15, -0.1) is 0 Å². The molecule has 1 aliphatic heterocycles.